The zero-order chi connectivity index (χ0) is 15.5. The number of benzene rings is 1. The Morgan fingerprint density at radius 2 is 2.05 bits per heavy atom. The molecule has 0 radical (unpaired) electrons. The van der Waals surface area contributed by atoms with Crippen LogP contribution in [-0.2, 0) is 16.1 Å². The number of carbonyl (C=O) groups excluding carboxylic acids is 2. The Hall–Kier alpha value is -2.14. The standard InChI is InChI=1S/C17H18N2O2S/c1-19-15(20)10-13(16(19)14-8-5-9-22-14)17(21)18-11-12-6-3-2-4-7-12/h2-9,13,16H,10-11H2,1H3,(H,18,21)/t13-,16+/m1/s1. The highest BCUT2D eigenvalue weighted by molar-refractivity contribution is 7.10. The van der Waals surface area contributed by atoms with Crippen LogP contribution in [0.3, 0.4) is 0 Å². The van der Waals surface area contributed by atoms with Gasteiger partial charge in [-0.1, -0.05) is 36.4 Å². The predicted octanol–water partition coefficient (Wildman–Crippen LogP) is 2.58. The summed E-state index contributed by atoms with van der Waals surface area (Å²) in [7, 11) is 1.77. The molecule has 1 saturated heterocycles. The van der Waals surface area contributed by atoms with Crippen molar-refractivity contribution in [2.45, 2.75) is 19.0 Å². The number of carbonyl (C=O) groups is 2. The van der Waals surface area contributed by atoms with Gasteiger partial charge in [-0.05, 0) is 17.0 Å². The van der Waals surface area contributed by atoms with Gasteiger partial charge in [-0.15, -0.1) is 11.3 Å². The van der Waals surface area contributed by atoms with Crippen LogP contribution in [0.4, 0.5) is 0 Å². The Bertz CT molecular complexity index is 655. The highest BCUT2D eigenvalue weighted by atomic mass is 32.1. The van der Waals surface area contributed by atoms with Crippen LogP contribution in [0.1, 0.15) is 22.9 Å². The third-order valence-corrected chi connectivity index (χ3v) is 5.01. The molecule has 1 N–H and O–H groups in total. The normalized spacial score (nSPS) is 21.1. The van der Waals surface area contributed by atoms with Crippen molar-refractivity contribution in [2.75, 3.05) is 7.05 Å². The van der Waals surface area contributed by atoms with E-state index in [4.69, 9.17) is 0 Å². The molecule has 3 rings (SSSR count). The van der Waals surface area contributed by atoms with Crippen LogP contribution in [0.15, 0.2) is 47.8 Å². The van der Waals surface area contributed by atoms with Crippen molar-refractivity contribution >= 4 is 23.2 Å². The van der Waals surface area contributed by atoms with Crippen molar-refractivity contribution in [1.82, 2.24) is 10.2 Å². The largest absolute Gasteiger partial charge is 0.352 e. The van der Waals surface area contributed by atoms with Gasteiger partial charge in [0.2, 0.25) is 11.8 Å². The average Bonchev–Trinajstić information content (AvgIpc) is 3.15. The van der Waals surface area contributed by atoms with Crippen LogP contribution in [0, 0.1) is 5.92 Å². The van der Waals surface area contributed by atoms with Gasteiger partial charge in [0.1, 0.15) is 0 Å². The third-order valence-electron chi connectivity index (χ3n) is 4.07. The number of nitrogens with zero attached hydrogens (tertiary/aromatic N) is 1. The van der Waals surface area contributed by atoms with Crippen LogP contribution in [0.5, 0.6) is 0 Å². The van der Waals surface area contributed by atoms with Gasteiger partial charge in [-0.3, -0.25) is 9.59 Å². The minimum absolute atomic E-state index is 0.0262. The van der Waals surface area contributed by atoms with Gasteiger partial charge in [0.05, 0.1) is 12.0 Å². The van der Waals surface area contributed by atoms with E-state index in [-0.39, 0.29) is 30.2 Å². The second-order valence-corrected chi connectivity index (χ2v) is 6.46. The second-order valence-electron chi connectivity index (χ2n) is 5.48. The molecule has 1 fully saturated rings. The summed E-state index contributed by atoms with van der Waals surface area (Å²) in [5.74, 6) is -0.349. The van der Waals surface area contributed by atoms with Crippen molar-refractivity contribution in [2.24, 2.45) is 5.92 Å². The smallest absolute Gasteiger partial charge is 0.226 e. The predicted molar refractivity (Wildman–Crippen MR) is 86.2 cm³/mol. The summed E-state index contributed by atoms with van der Waals surface area (Å²) < 4.78 is 0. The molecular weight excluding hydrogens is 296 g/mol. The Morgan fingerprint density at radius 1 is 1.27 bits per heavy atom. The van der Waals surface area contributed by atoms with E-state index in [2.05, 4.69) is 5.32 Å². The molecule has 2 amide bonds. The fourth-order valence-corrected chi connectivity index (χ4v) is 3.80. The number of likely N-dealkylation sites (tertiary alicyclic amines) is 1. The van der Waals surface area contributed by atoms with Crippen LogP contribution in [0.2, 0.25) is 0 Å². The van der Waals surface area contributed by atoms with Gasteiger partial charge in [0.15, 0.2) is 0 Å². The third kappa shape index (κ3) is 2.90. The number of hydrogen-bond donors (Lipinski definition) is 1. The number of hydrogen-bond acceptors (Lipinski definition) is 3. The van der Waals surface area contributed by atoms with Crippen LogP contribution < -0.4 is 5.32 Å². The minimum Gasteiger partial charge on any atom is -0.352 e. The molecule has 1 aliphatic rings. The Kier molecular flexibility index (Phi) is 4.24. The molecule has 114 valence electrons. The maximum Gasteiger partial charge on any atom is 0.226 e. The average molecular weight is 314 g/mol. The Labute approximate surface area is 133 Å². The Balaban J connectivity index is 1.72. The minimum atomic E-state index is -0.320. The van der Waals surface area contributed by atoms with E-state index in [0.717, 1.165) is 10.4 Å². The molecule has 1 aliphatic heterocycles. The summed E-state index contributed by atoms with van der Waals surface area (Å²) in [5.41, 5.74) is 1.06. The SMILES string of the molecule is CN1C(=O)C[C@@H](C(=O)NCc2ccccc2)[C@H]1c1cccs1. The molecule has 0 bridgehead atoms. The lowest BCUT2D eigenvalue weighted by Crippen LogP contribution is -2.33. The van der Waals surface area contributed by atoms with Crippen molar-refractivity contribution in [3.8, 4) is 0 Å². The summed E-state index contributed by atoms with van der Waals surface area (Å²) in [6.45, 7) is 0.491. The first-order valence-electron chi connectivity index (χ1n) is 7.27. The van der Waals surface area contributed by atoms with Crippen molar-refractivity contribution in [3.63, 3.8) is 0 Å². The van der Waals surface area contributed by atoms with Gasteiger partial charge in [0, 0.05) is 24.9 Å². The van der Waals surface area contributed by atoms with E-state index >= 15 is 0 Å². The zero-order valence-corrected chi connectivity index (χ0v) is 13.2. The molecule has 5 heteroatoms. The number of nitrogens with one attached hydrogen (secondary N) is 1. The molecule has 0 saturated carbocycles. The maximum atomic E-state index is 12.5. The zero-order valence-electron chi connectivity index (χ0n) is 12.4. The fourth-order valence-electron chi connectivity index (χ4n) is 2.87. The van der Waals surface area contributed by atoms with Gasteiger partial charge in [0.25, 0.3) is 0 Å². The molecule has 22 heavy (non-hydrogen) atoms. The van der Waals surface area contributed by atoms with Crippen molar-refractivity contribution < 1.29 is 9.59 Å². The summed E-state index contributed by atoms with van der Waals surface area (Å²) in [4.78, 5) is 27.3. The van der Waals surface area contributed by atoms with Crippen LogP contribution in [-0.4, -0.2) is 23.8 Å². The molecular formula is C17H18N2O2S. The Morgan fingerprint density at radius 3 is 2.73 bits per heavy atom. The quantitative estimate of drug-likeness (QED) is 0.943. The number of rotatable bonds is 4. The lowest BCUT2D eigenvalue weighted by atomic mass is 9.98. The molecule has 2 heterocycles. The monoisotopic (exact) mass is 314 g/mol. The van der Waals surface area contributed by atoms with E-state index in [1.165, 1.54) is 0 Å². The highest BCUT2D eigenvalue weighted by Gasteiger charge is 2.42. The highest BCUT2D eigenvalue weighted by Crippen LogP contribution is 2.39. The van der Waals surface area contributed by atoms with E-state index in [1.807, 2.05) is 47.8 Å². The summed E-state index contributed by atoms with van der Waals surface area (Å²) in [6, 6.07) is 13.6. The lowest BCUT2D eigenvalue weighted by Gasteiger charge is -2.23. The topological polar surface area (TPSA) is 49.4 Å². The van der Waals surface area contributed by atoms with E-state index in [0.29, 0.717) is 6.54 Å². The van der Waals surface area contributed by atoms with E-state index in [9.17, 15) is 9.59 Å². The maximum absolute atomic E-state index is 12.5. The first-order valence-corrected chi connectivity index (χ1v) is 8.15. The molecule has 0 aliphatic carbocycles. The molecule has 1 aromatic carbocycles. The number of thiophene rings is 1. The number of amides is 2. The van der Waals surface area contributed by atoms with Gasteiger partial charge >= 0.3 is 0 Å². The molecule has 1 aromatic heterocycles. The first-order chi connectivity index (χ1) is 10.7. The lowest BCUT2D eigenvalue weighted by molar-refractivity contribution is -0.128. The molecule has 2 atom stereocenters. The van der Waals surface area contributed by atoms with E-state index in [1.54, 1.807) is 23.3 Å². The van der Waals surface area contributed by atoms with Crippen molar-refractivity contribution in [3.05, 3.63) is 58.3 Å². The molecule has 0 unspecified atom stereocenters. The second kappa shape index (κ2) is 6.32. The van der Waals surface area contributed by atoms with Crippen LogP contribution in [0.25, 0.3) is 0 Å². The van der Waals surface area contributed by atoms with Gasteiger partial charge < -0.3 is 10.2 Å². The van der Waals surface area contributed by atoms with Crippen LogP contribution >= 0.6 is 11.3 Å². The summed E-state index contributed by atoms with van der Waals surface area (Å²) in [6.07, 6.45) is 0.277. The molecule has 4 nitrogen and oxygen atoms in total. The van der Waals surface area contributed by atoms with Gasteiger partial charge in [-0.25, -0.2) is 0 Å². The first kappa shape index (κ1) is 14.8. The summed E-state index contributed by atoms with van der Waals surface area (Å²) in [5, 5.41) is 4.94. The molecule has 0 spiro atoms. The molecule has 2 aromatic rings. The van der Waals surface area contributed by atoms with Crippen molar-refractivity contribution in [1.29, 1.82) is 0 Å². The summed E-state index contributed by atoms with van der Waals surface area (Å²) >= 11 is 1.59. The van der Waals surface area contributed by atoms with E-state index < -0.39 is 0 Å². The fraction of sp³-hybridized carbons (Fsp3) is 0.294. The van der Waals surface area contributed by atoms with Gasteiger partial charge in [-0.2, -0.15) is 0 Å².